The van der Waals surface area contributed by atoms with Crippen molar-refractivity contribution >= 4 is 24.2 Å². The Morgan fingerprint density at radius 1 is 1.04 bits per heavy atom. The lowest BCUT2D eigenvalue weighted by Crippen LogP contribution is -2.39. The van der Waals surface area contributed by atoms with E-state index in [0.29, 0.717) is 18.9 Å². The maximum absolute atomic E-state index is 12.4. The first-order valence-corrected chi connectivity index (χ1v) is 8.92. The number of nitrogens with zero attached hydrogens (tertiary/aromatic N) is 1. The average molecular weight is 346 g/mol. The SMILES string of the molecule is Cl.NC(=O)CN(CCC1CCCCC1)C(=O)CCC1CCNC1. The fraction of sp³-hybridized carbons (Fsp3) is 0.882. The summed E-state index contributed by atoms with van der Waals surface area (Å²) < 4.78 is 0. The minimum atomic E-state index is -0.403. The fourth-order valence-corrected chi connectivity index (χ4v) is 3.74. The highest BCUT2D eigenvalue weighted by Crippen LogP contribution is 2.26. The number of amides is 2. The van der Waals surface area contributed by atoms with E-state index in [-0.39, 0.29) is 24.9 Å². The fourth-order valence-electron chi connectivity index (χ4n) is 3.74. The van der Waals surface area contributed by atoms with Crippen molar-refractivity contribution in [2.45, 2.75) is 57.8 Å². The first-order chi connectivity index (χ1) is 10.6. The molecule has 23 heavy (non-hydrogen) atoms. The summed E-state index contributed by atoms with van der Waals surface area (Å²) >= 11 is 0. The molecule has 0 aromatic heterocycles. The molecule has 5 nitrogen and oxygen atoms in total. The molecule has 0 radical (unpaired) electrons. The van der Waals surface area contributed by atoms with Crippen LogP contribution in [-0.4, -0.2) is 42.9 Å². The summed E-state index contributed by atoms with van der Waals surface area (Å²) in [4.78, 5) is 25.3. The minimum absolute atomic E-state index is 0. The zero-order valence-corrected chi connectivity index (χ0v) is 14.9. The Morgan fingerprint density at radius 2 is 1.78 bits per heavy atom. The standard InChI is InChI=1S/C17H31N3O2.ClH/c18-16(21)13-20(11-9-14-4-2-1-3-5-14)17(22)7-6-15-8-10-19-12-15;/h14-15,19H,1-13H2,(H2,18,21);1H. The maximum Gasteiger partial charge on any atom is 0.237 e. The van der Waals surface area contributed by atoms with E-state index in [0.717, 1.165) is 38.3 Å². The molecular weight excluding hydrogens is 314 g/mol. The van der Waals surface area contributed by atoms with E-state index >= 15 is 0 Å². The molecule has 1 aliphatic heterocycles. The third-order valence-electron chi connectivity index (χ3n) is 5.16. The molecule has 0 aromatic rings. The predicted molar refractivity (Wildman–Crippen MR) is 94.4 cm³/mol. The van der Waals surface area contributed by atoms with Crippen molar-refractivity contribution < 1.29 is 9.59 Å². The van der Waals surface area contributed by atoms with Crippen molar-refractivity contribution in [3.63, 3.8) is 0 Å². The van der Waals surface area contributed by atoms with Crippen molar-refractivity contribution in [3.8, 4) is 0 Å². The lowest BCUT2D eigenvalue weighted by atomic mass is 9.87. The smallest absolute Gasteiger partial charge is 0.237 e. The van der Waals surface area contributed by atoms with E-state index < -0.39 is 5.91 Å². The second-order valence-electron chi connectivity index (χ2n) is 6.97. The van der Waals surface area contributed by atoms with E-state index in [4.69, 9.17) is 5.73 Å². The van der Waals surface area contributed by atoms with Crippen LogP contribution in [0.5, 0.6) is 0 Å². The van der Waals surface area contributed by atoms with E-state index in [1.165, 1.54) is 32.1 Å². The Morgan fingerprint density at radius 3 is 2.39 bits per heavy atom. The van der Waals surface area contributed by atoms with Crippen molar-refractivity contribution in [2.24, 2.45) is 17.6 Å². The van der Waals surface area contributed by atoms with Gasteiger partial charge >= 0.3 is 0 Å². The molecular formula is C17H32ClN3O2. The quantitative estimate of drug-likeness (QED) is 0.707. The van der Waals surface area contributed by atoms with E-state index in [1.54, 1.807) is 4.90 Å². The number of rotatable bonds is 8. The highest BCUT2D eigenvalue weighted by atomic mass is 35.5. The molecule has 0 bridgehead atoms. The van der Waals surface area contributed by atoms with Gasteiger partial charge in [0.1, 0.15) is 0 Å². The molecule has 1 saturated heterocycles. The summed E-state index contributed by atoms with van der Waals surface area (Å²) in [7, 11) is 0. The van der Waals surface area contributed by atoms with Crippen LogP contribution in [0.4, 0.5) is 0 Å². The lowest BCUT2D eigenvalue weighted by molar-refractivity contribution is -0.135. The predicted octanol–water partition coefficient (Wildman–Crippen LogP) is 2.08. The van der Waals surface area contributed by atoms with Crippen LogP contribution in [0.2, 0.25) is 0 Å². The summed E-state index contributed by atoms with van der Waals surface area (Å²) in [6.07, 6.45) is 10.1. The van der Waals surface area contributed by atoms with Gasteiger partial charge in [0, 0.05) is 13.0 Å². The van der Waals surface area contributed by atoms with Crippen LogP contribution in [0, 0.1) is 11.8 Å². The van der Waals surface area contributed by atoms with E-state index in [1.807, 2.05) is 0 Å². The van der Waals surface area contributed by atoms with E-state index in [2.05, 4.69) is 5.32 Å². The van der Waals surface area contributed by atoms with Gasteiger partial charge < -0.3 is 16.0 Å². The van der Waals surface area contributed by atoms with Gasteiger partial charge in [0.25, 0.3) is 0 Å². The second kappa shape index (κ2) is 10.9. The van der Waals surface area contributed by atoms with Crippen LogP contribution in [0.25, 0.3) is 0 Å². The van der Waals surface area contributed by atoms with Crippen LogP contribution < -0.4 is 11.1 Å². The van der Waals surface area contributed by atoms with Crippen LogP contribution >= 0.6 is 12.4 Å². The molecule has 134 valence electrons. The first-order valence-electron chi connectivity index (χ1n) is 8.92. The number of nitrogens with one attached hydrogen (secondary N) is 1. The summed E-state index contributed by atoms with van der Waals surface area (Å²) in [5.74, 6) is 1.02. The van der Waals surface area contributed by atoms with Crippen molar-refractivity contribution in [2.75, 3.05) is 26.2 Å². The third kappa shape index (κ3) is 7.53. The van der Waals surface area contributed by atoms with Crippen LogP contribution in [0.3, 0.4) is 0 Å². The summed E-state index contributed by atoms with van der Waals surface area (Å²) in [5.41, 5.74) is 5.32. The zero-order chi connectivity index (χ0) is 15.8. The highest BCUT2D eigenvalue weighted by molar-refractivity contribution is 5.85. The van der Waals surface area contributed by atoms with E-state index in [9.17, 15) is 9.59 Å². The number of nitrogens with two attached hydrogens (primary N) is 1. The Hall–Kier alpha value is -0.810. The molecule has 1 aliphatic carbocycles. The molecule has 2 fully saturated rings. The highest BCUT2D eigenvalue weighted by Gasteiger charge is 2.21. The van der Waals surface area contributed by atoms with Crippen molar-refractivity contribution in [1.29, 1.82) is 0 Å². The van der Waals surface area contributed by atoms with Gasteiger partial charge in [-0.25, -0.2) is 0 Å². The molecule has 2 rings (SSSR count). The van der Waals surface area contributed by atoms with Crippen LogP contribution in [0.1, 0.15) is 57.8 Å². The molecule has 2 aliphatic rings. The molecule has 1 saturated carbocycles. The Bertz CT molecular complexity index is 367. The van der Waals surface area contributed by atoms with Gasteiger partial charge in [0.05, 0.1) is 6.54 Å². The molecule has 1 unspecified atom stereocenters. The number of carbonyl (C=O) groups is 2. The third-order valence-corrected chi connectivity index (χ3v) is 5.16. The van der Waals surface area contributed by atoms with Gasteiger partial charge in [-0.15, -0.1) is 12.4 Å². The molecule has 0 spiro atoms. The van der Waals surface area contributed by atoms with Gasteiger partial charge in [-0.1, -0.05) is 32.1 Å². The normalized spacial score (nSPS) is 21.7. The Labute approximate surface area is 146 Å². The second-order valence-corrected chi connectivity index (χ2v) is 6.97. The van der Waals surface area contributed by atoms with Crippen LogP contribution in [0.15, 0.2) is 0 Å². The summed E-state index contributed by atoms with van der Waals surface area (Å²) in [5, 5.41) is 3.33. The number of primary amides is 1. The Kier molecular flexibility index (Phi) is 9.56. The number of halogens is 1. The van der Waals surface area contributed by atoms with Gasteiger partial charge in [0.15, 0.2) is 0 Å². The molecule has 1 atom stereocenters. The topological polar surface area (TPSA) is 75.4 Å². The monoisotopic (exact) mass is 345 g/mol. The van der Waals surface area contributed by atoms with Gasteiger partial charge in [-0.05, 0) is 44.2 Å². The van der Waals surface area contributed by atoms with Gasteiger partial charge in [-0.2, -0.15) is 0 Å². The van der Waals surface area contributed by atoms with Gasteiger partial charge in [-0.3, -0.25) is 9.59 Å². The summed E-state index contributed by atoms with van der Waals surface area (Å²) in [6, 6.07) is 0. The number of hydrogen-bond donors (Lipinski definition) is 2. The zero-order valence-electron chi connectivity index (χ0n) is 14.1. The molecule has 6 heteroatoms. The number of carbonyl (C=O) groups excluding carboxylic acids is 2. The molecule has 3 N–H and O–H groups in total. The number of hydrogen-bond acceptors (Lipinski definition) is 3. The molecule has 0 aromatic carbocycles. The van der Waals surface area contributed by atoms with Crippen molar-refractivity contribution in [3.05, 3.63) is 0 Å². The van der Waals surface area contributed by atoms with Gasteiger partial charge in [0.2, 0.25) is 11.8 Å². The summed E-state index contributed by atoms with van der Waals surface area (Å²) in [6.45, 7) is 2.85. The Balaban J connectivity index is 0.00000264. The molecule has 2 amide bonds. The lowest BCUT2D eigenvalue weighted by Gasteiger charge is -2.26. The van der Waals surface area contributed by atoms with Crippen LogP contribution in [-0.2, 0) is 9.59 Å². The minimum Gasteiger partial charge on any atom is -0.368 e. The maximum atomic E-state index is 12.4. The molecule has 1 heterocycles. The first kappa shape index (κ1) is 20.2. The largest absolute Gasteiger partial charge is 0.368 e. The van der Waals surface area contributed by atoms with Crippen molar-refractivity contribution in [1.82, 2.24) is 10.2 Å². The average Bonchev–Trinajstić information content (AvgIpc) is 3.03.